The highest BCUT2D eigenvalue weighted by Crippen LogP contribution is 2.42. The van der Waals surface area contributed by atoms with Gasteiger partial charge in [-0.15, -0.1) is 0 Å². The van der Waals surface area contributed by atoms with Gasteiger partial charge in [-0.1, -0.05) is 42.5 Å². The highest BCUT2D eigenvalue weighted by Gasteiger charge is 2.26. The zero-order valence-electron chi connectivity index (χ0n) is 15.7. The minimum atomic E-state index is 0.946. The lowest BCUT2D eigenvalue weighted by Crippen LogP contribution is -2.29. The van der Waals surface area contributed by atoms with Gasteiger partial charge in [-0.3, -0.25) is 4.40 Å². The average molecular weight is 361 g/mol. The first-order chi connectivity index (χ1) is 13.7. The molecule has 0 fully saturated rings. The quantitative estimate of drug-likeness (QED) is 0.188. The SMILES string of the molecule is Cc1ccc2ccc3c4ccccc4n4c3c2c1c1c4c2occc2c[n+]1C. The highest BCUT2D eigenvalue weighted by molar-refractivity contribution is 6.29. The maximum atomic E-state index is 6.04. The molecule has 0 saturated heterocycles. The maximum Gasteiger partial charge on any atom is 0.241 e. The lowest BCUT2D eigenvalue weighted by molar-refractivity contribution is -0.642. The molecule has 0 aliphatic rings. The number of hydrogen-bond acceptors (Lipinski definition) is 1. The van der Waals surface area contributed by atoms with E-state index in [9.17, 15) is 0 Å². The summed E-state index contributed by atoms with van der Waals surface area (Å²) < 4.78 is 10.7. The molecule has 0 N–H and O–H groups in total. The first-order valence-electron chi connectivity index (χ1n) is 9.60. The van der Waals surface area contributed by atoms with Gasteiger partial charge in [0.25, 0.3) is 0 Å². The van der Waals surface area contributed by atoms with Crippen molar-refractivity contribution in [2.24, 2.45) is 7.05 Å². The van der Waals surface area contributed by atoms with Crippen LogP contribution < -0.4 is 4.57 Å². The number of furan rings is 1. The third-order valence-electron chi connectivity index (χ3n) is 6.31. The molecule has 28 heavy (non-hydrogen) atoms. The van der Waals surface area contributed by atoms with Gasteiger partial charge in [0.05, 0.1) is 28.1 Å². The van der Waals surface area contributed by atoms with Crippen LogP contribution >= 0.6 is 0 Å². The van der Waals surface area contributed by atoms with Crippen LogP contribution in [-0.2, 0) is 7.05 Å². The third kappa shape index (κ3) is 1.48. The van der Waals surface area contributed by atoms with Gasteiger partial charge < -0.3 is 4.42 Å². The predicted octanol–water partition coefficient (Wildman–Crippen LogP) is 5.87. The van der Waals surface area contributed by atoms with E-state index in [0.29, 0.717) is 0 Å². The van der Waals surface area contributed by atoms with E-state index in [1.165, 1.54) is 49.0 Å². The van der Waals surface area contributed by atoms with E-state index < -0.39 is 0 Å². The van der Waals surface area contributed by atoms with E-state index in [1.54, 1.807) is 6.26 Å². The number of pyridine rings is 2. The summed E-state index contributed by atoms with van der Waals surface area (Å²) in [5.74, 6) is 0. The summed E-state index contributed by atoms with van der Waals surface area (Å²) in [5, 5.41) is 7.63. The molecule has 0 radical (unpaired) electrons. The van der Waals surface area contributed by atoms with Crippen molar-refractivity contribution in [1.29, 1.82) is 0 Å². The van der Waals surface area contributed by atoms with Gasteiger partial charge in [0.15, 0.2) is 17.3 Å². The van der Waals surface area contributed by atoms with Crippen LogP contribution in [0.15, 0.2) is 71.5 Å². The molecular formula is C25H17N2O+. The number of para-hydroxylation sites is 1. The molecule has 3 heteroatoms. The van der Waals surface area contributed by atoms with Gasteiger partial charge in [-0.25, -0.2) is 0 Å². The normalized spacial score (nSPS) is 12.6. The van der Waals surface area contributed by atoms with Crippen molar-refractivity contribution in [3.05, 3.63) is 72.6 Å². The standard InChI is InChI=1S/C25H17N2O/c1-14-7-8-15-9-10-18-17-5-3-4-6-19(17)27-22(18)21(15)20(14)23-24(27)25-16(11-12-28-25)13-26(23)2/h3-13H,1-2H3/q+1. The second kappa shape index (κ2) is 4.63. The molecule has 7 rings (SSSR count). The zero-order valence-corrected chi connectivity index (χ0v) is 15.7. The second-order valence-electron chi connectivity index (χ2n) is 7.81. The number of fused-ring (bicyclic) bond motifs is 8. The minimum absolute atomic E-state index is 0.946. The summed E-state index contributed by atoms with van der Waals surface area (Å²) in [6.45, 7) is 2.21. The molecule has 132 valence electrons. The van der Waals surface area contributed by atoms with Crippen LogP contribution in [0.5, 0.6) is 0 Å². The highest BCUT2D eigenvalue weighted by atomic mass is 16.3. The fourth-order valence-corrected chi connectivity index (χ4v) is 5.17. The molecule has 0 spiro atoms. The smallest absolute Gasteiger partial charge is 0.241 e. The summed E-state index contributed by atoms with van der Waals surface area (Å²) in [5.41, 5.74) is 7.11. The molecule has 0 bridgehead atoms. The molecule has 0 aliphatic carbocycles. The van der Waals surface area contributed by atoms with Crippen LogP contribution in [0.2, 0.25) is 0 Å². The summed E-state index contributed by atoms with van der Waals surface area (Å²) in [6.07, 6.45) is 3.97. The van der Waals surface area contributed by atoms with E-state index in [2.05, 4.69) is 77.7 Å². The van der Waals surface area contributed by atoms with Gasteiger partial charge in [0.1, 0.15) is 7.05 Å². The molecule has 3 nitrogen and oxygen atoms in total. The van der Waals surface area contributed by atoms with E-state index in [1.807, 2.05) is 6.07 Å². The number of nitrogens with zero attached hydrogens (tertiary/aromatic N) is 2. The molecule has 7 aromatic rings. The molecule has 0 amide bonds. The topological polar surface area (TPSA) is 21.4 Å². The maximum absolute atomic E-state index is 6.04. The van der Waals surface area contributed by atoms with Crippen molar-refractivity contribution in [3.63, 3.8) is 0 Å². The Morgan fingerprint density at radius 1 is 0.821 bits per heavy atom. The first-order valence-corrected chi connectivity index (χ1v) is 9.60. The van der Waals surface area contributed by atoms with Gasteiger partial charge in [-0.05, 0) is 30.0 Å². The Kier molecular flexibility index (Phi) is 2.39. The predicted molar refractivity (Wildman–Crippen MR) is 114 cm³/mol. The lowest BCUT2D eigenvalue weighted by Gasteiger charge is -2.13. The van der Waals surface area contributed by atoms with Gasteiger partial charge in [-0.2, -0.15) is 4.57 Å². The van der Waals surface area contributed by atoms with Crippen LogP contribution in [0.25, 0.3) is 60.0 Å². The Labute approximate surface area is 160 Å². The number of rotatable bonds is 0. The van der Waals surface area contributed by atoms with Crippen molar-refractivity contribution >= 4 is 60.0 Å². The van der Waals surface area contributed by atoms with E-state index in [0.717, 1.165) is 16.5 Å². The second-order valence-corrected chi connectivity index (χ2v) is 7.81. The molecule has 4 heterocycles. The van der Waals surface area contributed by atoms with Crippen molar-refractivity contribution < 1.29 is 8.98 Å². The lowest BCUT2D eigenvalue weighted by atomic mass is 9.97. The van der Waals surface area contributed by atoms with Gasteiger partial charge in [0.2, 0.25) is 5.52 Å². The molecular weight excluding hydrogens is 344 g/mol. The van der Waals surface area contributed by atoms with Crippen molar-refractivity contribution in [2.75, 3.05) is 0 Å². The Balaban J connectivity index is 2.05. The van der Waals surface area contributed by atoms with Gasteiger partial charge in [0, 0.05) is 16.2 Å². The van der Waals surface area contributed by atoms with E-state index in [4.69, 9.17) is 4.42 Å². The number of hydrogen-bond donors (Lipinski definition) is 0. The largest absolute Gasteiger partial charge is 0.462 e. The van der Waals surface area contributed by atoms with Crippen molar-refractivity contribution in [1.82, 2.24) is 4.40 Å². The monoisotopic (exact) mass is 361 g/mol. The molecule has 0 aliphatic heterocycles. The van der Waals surface area contributed by atoms with E-state index in [-0.39, 0.29) is 0 Å². The average Bonchev–Trinajstić information content (AvgIpc) is 3.31. The molecule has 0 atom stereocenters. The Bertz CT molecular complexity index is 1730. The fourth-order valence-electron chi connectivity index (χ4n) is 5.17. The number of aromatic nitrogens is 2. The third-order valence-corrected chi connectivity index (χ3v) is 6.31. The summed E-state index contributed by atoms with van der Waals surface area (Å²) in [4.78, 5) is 0. The molecule has 4 aromatic heterocycles. The van der Waals surface area contributed by atoms with E-state index >= 15 is 0 Å². The van der Waals surface area contributed by atoms with Crippen molar-refractivity contribution in [3.8, 4) is 0 Å². The first kappa shape index (κ1) is 14.5. The van der Waals surface area contributed by atoms with Crippen LogP contribution in [0, 0.1) is 6.92 Å². The fraction of sp³-hybridized carbons (Fsp3) is 0.0800. The zero-order chi connectivity index (χ0) is 18.6. The van der Waals surface area contributed by atoms with Crippen molar-refractivity contribution in [2.45, 2.75) is 6.92 Å². The summed E-state index contributed by atoms with van der Waals surface area (Å²) in [7, 11) is 2.14. The molecule has 3 aromatic carbocycles. The minimum Gasteiger partial charge on any atom is -0.462 e. The number of benzene rings is 3. The molecule has 0 saturated carbocycles. The Morgan fingerprint density at radius 2 is 1.68 bits per heavy atom. The Morgan fingerprint density at radius 3 is 2.61 bits per heavy atom. The molecule has 0 unspecified atom stereocenters. The van der Waals surface area contributed by atoms with Crippen LogP contribution in [-0.4, -0.2) is 4.40 Å². The summed E-state index contributed by atoms with van der Waals surface area (Å²) in [6, 6.07) is 19.7. The van der Waals surface area contributed by atoms with Crippen LogP contribution in [0.1, 0.15) is 5.56 Å². The van der Waals surface area contributed by atoms with Crippen LogP contribution in [0.4, 0.5) is 0 Å². The summed E-state index contributed by atoms with van der Waals surface area (Å²) >= 11 is 0. The van der Waals surface area contributed by atoms with Crippen LogP contribution in [0.3, 0.4) is 0 Å². The number of aryl methyl sites for hydroxylation is 2. The Hall–Kier alpha value is -3.59. The van der Waals surface area contributed by atoms with Gasteiger partial charge >= 0.3 is 0 Å².